The van der Waals surface area contributed by atoms with Crippen LogP contribution in [0, 0.1) is 5.82 Å². The van der Waals surface area contributed by atoms with E-state index in [1.165, 1.54) is 35.2 Å². The highest BCUT2D eigenvalue weighted by Gasteiger charge is 2.42. The minimum absolute atomic E-state index is 0.0150. The summed E-state index contributed by atoms with van der Waals surface area (Å²) < 4.78 is 111. The van der Waals surface area contributed by atoms with E-state index in [4.69, 9.17) is 28.5 Å². The molecule has 0 atom stereocenters. The van der Waals surface area contributed by atoms with Crippen LogP contribution in [0.5, 0.6) is 23.0 Å². The van der Waals surface area contributed by atoms with Crippen molar-refractivity contribution < 1.29 is 56.6 Å². The second kappa shape index (κ2) is 11.3. The number of methoxy groups -OCH3 is 3. The van der Waals surface area contributed by atoms with Gasteiger partial charge in [-0.1, -0.05) is 0 Å². The Morgan fingerprint density at radius 2 is 1.80 bits per heavy atom. The molecule has 214 valence electrons. The Morgan fingerprint density at radius 1 is 1.12 bits per heavy atom. The van der Waals surface area contributed by atoms with Crippen molar-refractivity contribution in [1.82, 2.24) is 15.0 Å². The number of nitrogens with zero attached hydrogens (tertiary/aromatic N) is 4. The van der Waals surface area contributed by atoms with Crippen molar-refractivity contribution in [2.45, 2.75) is 32.3 Å². The first-order valence-electron chi connectivity index (χ1n) is 14.8. The van der Waals surface area contributed by atoms with Gasteiger partial charge in [0.25, 0.3) is 5.91 Å². The number of pyridine rings is 1. The molecule has 0 aliphatic carbocycles. The van der Waals surface area contributed by atoms with Crippen molar-refractivity contribution >= 4 is 19.5 Å². The molecule has 3 heterocycles. The predicted molar refractivity (Wildman–Crippen MR) is 138 cm³/mol. The minimum Gasteiger partial charge on any atom is -0.493 e. The molecule has 1 aromatic carbocycles. The van der Waals surface area contributed by atoms with E-state index in [9.17, 15) is 19.1 Å². The fourth-order valence-electron chi connectivity index (χ4n) is 3.54. The van der Waals surface area contributed by atoms with Gasteiger partial charge in [0.1, 0.15) is 12.5 Å². The molecule has 0 fully saturated rings. The second-order valence-electron chi connectivity index (χ2n) is 8.58. The van der Waals surface area contributed by atoms with Gasteiger partial charge in [-0.3, -0.25) is 14.2 Å². The summed E-state index contributed by atoms with van der Waals surface area (Å²) in [4.78, 5) is 43.9. The van der Waals surface area contributed by atoms with Crippen LogP contribution in [0.15, 0.2) is 30.3 Å². The highest BCUT2D eigenvalue weighted by molar-refractivity contribution is 7.46. The van der Waals surface area contributed by atoms with Crippen LogP contribution in [0.2, 0.25) is 0 Å². The smallest absolute Gasteiger partial charge is 0.471 e. The largest absolute Gasteiger partial charge is 0.493 e. The number of phosphoric ester groups is 1. The third-order valence-electron chi connectivity index (χ3n) is 5.33. The van der Waals surface area contributed by atoms with Gasteiger partial charge < -0.3 is 28.7 Å². The Morgan fingerprint density at radius 3 is 2.40 bits per heavy atom. The molecule has 1 aliphatic rings. The molecule has 0 unspecified atom stereocenters. The Bertz CT molecular complexity index is 1800. The maximum atomic E-state index is 15.3. The Balaban J connectivity index is 1.85. The van der Waals surface area contributed by atoms with Crippen molar-refractivity contribution in [3.05, 3.63) is 58.9 Å². The van der Waals surface area contributed by atoms with E-state index in [1.807, 2.05) is 0 Å². The molecule has 15 heteroatoms. The number of hydrogen-bond donors (Lipinski definition) is 2. The number of halogens is 1. The van der Waals surface area contributed by atoms with E-state index in [-0.39, 0.29) is 45.6 Å². The molecule has 0 saturated heterocycles. The molecule has 0 bridgehead atoms. The number of aromatic nitrogens is 3. The third-order valence-corrected chi connectivity index (χ3v) is 5.65. The van der Waals surface area contributed by atoms with E-state index in [0.717, 1.165) is 0 Å². The SMILES string of the molecule is [2H]c1nc(Cc2c([2H])c(OC)c(OC)c(OC)c2[2H])nc(Cc2nc3c(c([2H])c2[2H])OC(C)(C)C(=O)N3C([2H])([2H])OP(=O)(O)O)c1F. The molecule has 40 heavy (non-hydrogen) atoms. The molecule has 0 saturated carbocycles. The zero-order valence-corrected chi connectivity index (χ0v) is 22.7. The summed E-state index contributed by atoms with van der Waals surface area (Å²) in [6.07, 6.45) is -2.02. The number of amides is 1. The van der Waals surface area contributed by atoms with Gasteiger partial charge in [-0.15, -0.1) is 0 Å². The van der Waals surface area contributed by atoms with Crippen molar-refractivity contribution in [2.24, 2.45) is 0 Å². The van der Waals surface area contributed by atoms with Crippen LogP contribution < -0.4 is 23.8 Å². The zero-order chi connectivity index (χ0) is 35.4. The topological polar surface area (TPSA) is 163 Å². The van der Waals surface area contributed by atoms with Gasteiger partial charge in [0.15, 0.2) is 34.5 Å². The van der Waals surface area contributed by atoms with Crippen molar-refractivity contribution in [2.75, 3.05) is 32.9 Å². The van der Waals surface area contributed by atoms with E-state index < -0.39 is 85.9 Å². The maximum Gasteiger partial charge on any atom is 0.471 e. The molecule has 4 rings (SSSR count). The highest BCUT2D eigenvalue weighted by atomic mass is 31.2. The van der Waals surface area contributed by atoms with Gasteiger partial charge in [-0.2, -0.15) is 0 Å². The van der Waals surface area contributed by atoms with Gasteiger partial charge in [0, 0.05) is 18.5 Å². The van der Waals surface area contributed by atoms with Crippen LogP contribution in [-0.2, 0) is 26.7 Å². The summed E-state index contributed by atoms with van der Waals surface area (Å²) in [6, 6.07) is -1.99. The number of rotatable bonds is 10. The summed E-state index contributed by atoms with van der Waals surface area (Å²) in [5.41, 5.74) is -2.94. The average Bonchev–Trinajstić information content (AvgIpc) is 2.95. The number of hydrogen-bond acceptors (Lipinski definition) is 10. The van der Waals surface area contributed by atoms with Crippen LogP contribution in [0.3, 0.4) is 0 Å². The average molecular weight is 586 g/mol. The lowest BCUT2D eigenvalue weighted by atomic mass is 10.1. The van der Waals surface area contributed by atoms with Gasteiger partial charge >= 0.3 is 7.82 Å². The molecule has 3 aromatic rings. The fourth-order valence-corrected chi connectivity index (χ4v) is 3.73. The first-order valence-corrected chi connectivity index (χ1v) is 12.8. The molecule has 0 spiro atoms. The number of fused-ring (bicyclic) bond motifs is 1. The molecule has 2 aromatic heterocycles. The van der Waals surface area contributed by atoms with Crippen LogP contribution in [0.25, 0.3) is 0 Å². The standard InChI is InChI=1S/C25H28FN4O9P/c1-25(2)24(31)30(13-38-40(32,33)34)23-18(39-25)7-6-15(28-23)11-17-16(26)12-27-21(29-17)10-14-8-19(35-3)22(37-5)20(9-14)36-4/h6-9,12H,10-11,13H2,1-5H3,(H2,32,33,34)/i6D,7D,8D,9D,12D,13D2. The third kappa shape index (κ3) is 6.31. The normalized spacial score (nSPS) is 17.2. The molecule has 13 nitrogen and oxygen atoms in total. The summed E-state index contributed by atoms with van der Waals surface area (Å²) in [7, 11) is -1.72. The van der Waals surface area contributed by atoms with Crippen LogP contribution in [0.1, 0.15) is 46.2 Å². The second-order valence-corrected chi connectivity index (χ2v) is 9.75. The number of benzene rings is 1. The van der Waals surface area contributed by atoms with Crippen molar-refractivity contribution in [1.29, 1.82) is 0 Å². The molecule has 1 amide bonds. The van der Waals surface area contributed by atoms with Crippen molar-refractivity contribution in [3.63, 3.8) is 0 Å². The van der Waals surface area contributed by atoms with E-state index in [0.29, 0.717) is 0 Å². The van der Waals surface area contributed by atoms with Gasteiger partial charge in [-0.05, 0) is 43.6 Å². The highest BCUT2D eigenvalue weighted by Crippen LogP contribution is 2.41. The number of carbonyl (C=O) groups excluding carboxylic acids is 1. The van der Waals surface area contributed by atoms with Gasteiger partial charge in [0.2, 0.25) is 5.75 Å². The van der Waals surface area contributed by atoms with Crippen molar-refractivity contribution in [3.8, 4) is 23.0 Å². The van der Waals surface area contributed by atoms with Gasteiger partial charge in [0.05, 0.1) is 42.8 Å². The number of ether oxygens (including phenoxy) is 4. The molecule has 1 aliphatic heterocycles. The lowest BCUT2D eigenvalue weighted by molar-refractivity contribution is -0.133. The summed E-state index contributed by atoms with van der Waals surface area (Å²) in [5, 5.41) is 0. The Kier molecular flexibility index (Phi) is 5.95. The van der Waals surface area contributed by atoms with E-state index in [1.54, 1.807) is 0 Å². The number of phosphoric acid groups is 1. The maximum absolute atomic E-state index is 15.3. The Hall–Kier alpha value is -3.84. The van der Waals surface area contributed by atoms with E-state index >= 15 is 4.39 Å². The number of carbonyl (C=O) groups is 1. The fraction of sp³-hybridized carbons (Fsp3) is 0.360. The summed E-state index contributed by atoms with van der Waals surface area (Å²) in [5.74, 6) is -4.27. The lowest BCUT2D eigenvalue weighted by Crippen LogP contribution is -2.53. The molecule has 2 N–H and O–H groups in total. The molecular formula is C25H28FN4O9P. The first kappa shape index (κ1) is 21.0. The molecular weight excluding hydrogens is 550 g/mol. The quantitative estimate of drug-likeness (QED) is 0.335. The minimum atomic E-state index is -5.55. The summed E-state index contributed by atoms with van der Waals surface area (Å²) >= 11 is 0. The first-order chi connectivity index (χ1) is 21.7. The molecule has 0 radical (unpaired) electrons. The van der Waals surface area contributed by atoms with Gasteiger partial charge in [-0.25, -0.2) is 23.9 Å². The Labute approximate surface area is 238 Å². The monoisotopic (exact) mass is 585 g/mol. The van der Waals surface area contributed by atoms with Crippen LogP contribution in [-0.4, -0.2) is 64.3 Å². The lowest BCUT2D eigenvalue weighted by Gasteiger charge is -2.37. The van der Waals surface area contributed by atoms with Crippen LogP contribution in [0.4, 0.5) is 10.2 Å². The number of anilines is 1. The van der Waals surface area contributed by atoms with Crippen LogP contribution >= 0.6 is 7.82 Å². The van der Waals surface area contributed by atoms with E-state index in [2.05, 4.69) is 19.5 Å². The summed E-state index contributed by atoms with van der Waals surface area (Å²) in [6.45, 7) is -1.18. The zero-order valence-electron chi connectivity index (χ0n) is 28.8. The predicted octanol–water partition coefficient (Wildman–Crippen LogP) is 2.79.